The summed E-state index contributed by atoms with van der Waals surface area (Å²) in [5.74, 6) is 1.95. The number of piperidine rings is 1. The molecule has 2 aliphatic rings. The zero-order valence-electron chi connectivity index (χ0n) is 21.5. The van der Waals surface area contributed by atoms with Crippen molar-refractivity contribution in [3.8, 4) is 0 Å². The number of hydrogen-bond donors (Lipinski definition) is 1. The van der Waals surface area contributed by atoms with Crippen LogP contribution in [0.5, 0.6) is 0 Å². The van der Waals surface area contributed by atoms with Crippen LogP contribution in [0.2, 0.25) is 0 Å². The van der Waals surface area contributed by atoms with Gasteiger partial charge >= 0.3 is 0 Å². The Hall–Kier alpha value is -2.76. The van der Waals surface area contributed by atoms with Crippen LogP contribution in [0.1, 0.15) is 67.7 Å². The highest BCUT2D eigenvalue weighted by molar-refractivity contribution is 5.43. The zero-order valence-corrected chi connectivity index (χ0v) is 21.5. The van der Waals surface area contributed by atoms with Crippen molar-refractivity contribution < 1.29 is 5.11 Å². The first kappa shape index (κ1) is 24.0. The number of aliphatic hydroxyl groups is 1. The maximum Gasteiger partial charge on any atom is 0.128 e. The molecule has 35 heavy (non-hydrogen) atoms. The van der Waals surface area contributed by atoms with Gasteiger partial charge in [-0.25, -0.2) is 4.98 Å². The molecule has 5 heteroatoms. The van der Waals surface area contributed by atoms with E-state index in [4.69, 9.17) is 0 Å². The van der Waals surface area contributed by atoms with Crippen LogP contribution in [0.25, 0.3) is 0 Å². The molecule has 2 aliphatic heterocycles. The fourth-order valence-electron chi connectivity index (χ4n) is 6.21. The van der Waals surface area contributed by atoms with Crippen molar-refractivity contribution in [2.75, 3.05) is 38.1 Å². The largest absolute Gasteiger partial charge is 0.380 e. The van der Waals surface area contributed by atoms with Crippen LogP contribution in [0.15, 0.2) is 67.1 Å². The number of benzene rings is 1. The van der Waals surface area contributed by atoms with Crippen molar-refractivity contribution >= 4 is 5.82 Å². The van der Waals surface area contributed by atoms with Gasteiger partial charge in [-0.05, 0) is 66.6 Å². The van der Waals surface area contributed by atoms with E-state index in [1.54, 1.807) is 0 Å². The molecular weight excluding hydrogens is 432 g/mol. The van der Waals surface area contributed by atoms with Gasteiger partial charge in [-0.2, -0.15) is 0 Å². The Balaban J connectivity index is 1.44. The Morgan fingerprint density at radius 3 is 2.31 bits per heavy atom. The Kier molecular flexibility index (Phi) is 6.41. The molecule has 0 saturated carbocycles. The Bertz CT molecular complexity index is 1130. The maximum absolute atomic E-state index is 12.5. The van der Waals surface area contributed by atoms with Crippen molar-refractivity contribution in [2.24, 2.45) is 5.41 Å². The summed E-state index contributed by atoms with van der Waals surface area (Å²) in [6, 6.07) is 16.9. The Morgan fingerprint density at radius 1 is 1.00 bits per heavy atom. The summed E-state index contributed by atoms with van der Waals surface area (Å²) in [6.45, 7) is 10.3. The van der Waals surface area contributed by atoms with Crippen molar-refractivity contribution in [1.29, 1.82) is 0 Å². The molecule has 4 heterocycles. The summed E-state index contributed by atoms with van der Waals surface area (Å²) < 4.78 is 0. The zero-order chi connectivity index (χ0) is 24.6. The summed E-state index contributed by atoms with van der Waals surface area (Å²) in [5, 5.41) is 12.5. The molecule has 0 aliphatic carbocycles. The summed E-state index contributed by atoms with van der Waals surface area (Å²) >= 11 is 0. The summed E-state index contributed by atoms with van der Waals surface area (Å²) in [5.41, 5.74) is 3.03. The lowest BCUT2D eigenvalue weighted by Gasteiger charge is -2.56. The van der Waals surface area contributed by atoms with Crippen LogP contribution in [-0.2, 0) is 5.60 Å². The van der Waals surface area contributed by atoms with Gasteiger partial charge in [0.2, 0.25) is 0 Å². The summed E-state index contributed by atoms with van der Waals surface area (Å²) in [7, 11) is 2.12. The summed E-state index contributed by atoms with van der Waals surface area (Å²) in [4.78, 5) is 13.8. The van der Waals surface area contributed by atoms with E-state index in [9.17, 15) is 5.11 Å². The lowest BCUT2D eigenvalue weighted by molar-refractivity contribution is -0.127. The van der Waals surface area contributed by atoms with Gasteiger partial charge in [0.05, 0.1) is 0 Å². The third-order valence-electron chi connectivity index (χ3n) is 8.22. The third-order valence-corrected chi connectivity index (χ3v) is 8.22. The fraction of sp³-hybridized carbons (Fsp3) is 0.467. The van der Waals surface area contributed by atoms with Crippen LogP contribution in [0, 0.1) is 5.41 Å². The van der Waals surface area contributed by atoms with Gasteiger partial charge in [0.15, 0.2) is 0 Å². The van der Waals surface area contributed by atoms with Crippen molar-refractivity contribution in [3.05, 3.63) is 89.4 Å². The first-order chi connectivity index (χ1) is 16.8. The standard InChI is InChI=1S/C30H38N4O/c1-22(2)23-8-10-26(11-9-23)30(35,29(3)20-33(4)21-29)27-17-25(18-31-19-27)24-12-15-34(16-13-24)28-7-5-6-14-32-28/h5-11,14,17-19,22,24,35H,12-13,15-16,20-21H2,1-4H3/t30-/m0/s1. The molecule has 0 spiro atoms. The predicted molar refractivity (Wildman–Crippen MR) is 142 cm³/mol. The molecule has 3 aromatic rings. The Labute approximate surface area is 209 Å². The average Bonchev–Trinajstić information content (AvgIpc) is 2.88. The monoisotopic (exact) mass is 470 g/mol. The van der Waals surface area contributed by atoms with Gasteiger partial charge in [0.1, 0.15) is 11.4 Å². The lowest BCUT2D eigenvalue weighted by Crippen LogP contribution is -2.63. The first-order valence-corrected chi connectivity index (χ1v) is 12.9. The van der Waals surface area contributed by atoms with E-state index in [1.165, 1.54) is 11.1 Å². The van der Waals surface area contributed by atoms with E-state index in [-0.39, 0.29) is 5.41 Å². The lowest BCUT2D eigenvalue weighted by atomic mass is 9.62. The van der Waals surface area contributed by atoms with Gasteiger partial charge in [0.25, 0.3) is 0 Å². The number of aromatic nitrogens is 2. The van der Waals surface area contributed by atoms with Crippen LogP contribution < -0.4 is 4.90 Å². The SMILES string of the molecule is CC(C)c1ccc([C@](O)(c2cncc(C3CCN(c4ccccn4)CC3)c2)C2(C)CN(C)C2)cc1. The summed E-state index contributed by atoms with van der Waals surface area (Å²) in [6.07, 6.45) is 7.86. The Morgan fingerprint density at radius 2 is 1.71 bits per heavy atom. The van der Waals surface area contributed by atoms with E-state index in [1.807, 2.05) is 24.7 Å². The van der Waals surface area contributed by atoms with Crippen LogP contribution >= 0.6 is 0 Å². The van der Waals surface area contributed by atoms with E-state index in [2.05, 4.69) is 90.1 Å². The molecule has 0 amide bonds. The molecule has 2 saturated heterocycles. The molecule has 0 bridgehead atoms. The molecule has 184 valence electrons. The van der Waals surface area contributed by atoms with Gasteiger partial charge < -0.3 is 14.9 Å². The molecular formula is C30H38N4O. The second-order valence-corrected chi connectivity index (χ2v) is 11.2. The number of anilines is 1. The van der Waals surface area contributed by atoms with Crippen LogP contribution in [0.3, 0.4) is 0 Å². The normalized spacial score (nSPS) is 20.5. The third kappa shape index (κ3) is 4.36. The minimum atomic E-state index is -1.09. The quantitative estimate of drug-likeness (QED) is 0.539. The van der Waals surface area contributed by atoms with Gasteiger partial charge in [-0.15, -0.1) is 0 Å². The van der Waals surface area contributed by atoms with E-state index < -0.39 is 5.60 Å². The van der Waals surface area contributed by atoms with Crippen LogP contribution in [-0.4, -0.2) is 53.2 Å². The second-order valence-electron chi connectivity index (χ2n) is 11.2. The van der Waals surface area contributed by atoms with Crippen LogP contribution in [0.4, 0.5) is 5.82 Å². The predicted octanol–water partition coefficient (Wildman–Crippen LogP) is 5.17. The number of rotatable bonds is 6. The maximum atomic E-state index is 12.5. The number of hydrogen-bond acceptors (Lipinski definition) is 5. The molecule has 0 radical (unpaired) electrons. The highest BCUT2D eigenvalue weighted by atomic mass is 16.3. The molecule has 5 nitrogen and oxygen atoms in total. The fourth-order valence-corrected chi connectivity index (χ4v) is 6.21. The number of likely N-dealkylation sites (tertiary alicyclic amines) is 1. The molecule has 1 aromatic carbocycles. The molecule has 0 unspecified atom stereocenters. The average molecular weight is 471 g/mol. The molecule has 1 N–H and O–H groups in total. The van der Waals surface area contributed by atoms with E-state index in [0.29, 0.717) is 11.8 Å². The number of nitrogens with zero attached hydrogens (tertiary/aromatic N) is 4. The van der Waals surface area contributed by atoms with Gasteiger partial charge in [0, 0.05) is 55.7 Å². The van der Waals surface area contributed by atoms with Gasteiger partial charge in [-0.3, -0.25) is 4.98 Å². The molecule has 2 aromatic heterocycles. The van der Waals surface area contributed by atoms with Crippen molar-refractivity contribution in [2.45, 2.75) is 51.0 Å². The highest BCUT2D eigenvalue weighted by Crippen LogP contribution is 2.50. The minimum Gasteiger partial charge on any atom is -0.380 e. The second kappa shape index (κ2) is 9.36. The topological polar surface area (TPSA) is 52.5 Å². The molecule has 1 atom stereocenters. The van der Waals surface area contributed by atoms with Crippen molar-refractivity contribution in [1.82, 2.24) is 14.9 Å². The minimum absolute atomic E-state index is 0.274. The highest BCUT2D eigenvalue weighted by Gasteiger charge is 2.55. The van der Waals surface area contributed by atoms with E-state index in [0.717, 1.165) is 56.0 Å². The van der Waals surface area contributed by atoms with E-state index >= 15 is 0 Å². The smallest absolute Gasteiger partial charge is 0.128 e. The van der Waals surface area contributed by atoms with Gasteiger partial charge in [-0.1, -0.05) is 51.1 Å². The number of pyridine rings is 2. The van der Waals surface area contributed by atoms with Crippen molar-refractivity contribution in [3.63, 3.8) is 0 Å². The molecule has 5 rings (SSSR count). The molecule has 2 fully saturated rings. The first-order valence-electron chi connectivity index (χ1n) is 12.9.